The van der Waals surface area contributed by atoms with Crippen molar-refractivity contribution in [3.63, 3.8) is 0 Å². The number of rotatable bonds is 5. The largest absolute Gasteiger partial charge is 0.467 e. The number of hydrogen-bond acceptors (Lipinski definition) is 4. The Balaban J connectivity index is 2.35. The molecule has 2 aromatic heterocycles. The van der Waals surface area contributed by atoms with Crippen LogP contribution in [0.4, 0.5) is 0 Å². The molecule has 3 N–H and O–H groups in total. The van der Waals surface area contributed by atoms with E-state index < -0.39 is 0 Å². The van der Waals surface area contributed by atoms with Crippen LogP contribution >= 0.6 is 0 Å². The second-order valence-corrected chi connectivity index (χ2v) is 4.05. The smallest absolute Gasteiger partial charge is 0.130 e. The van der Waals surface area contributed by atoms with Gasteiger partial charge in [0.05, 0.1) is 12.0 Å². The molecule has 0 fully saturated rings. The third-order valence-corrected chi connectivity index (χ3v) is 2.81. The van der Waals surface area contributed by atoms with Crippen molar-refractivity contribution in [2.75, 3.05) is 0 Å². The van der Waals surface area contributed by atoms with Crippen LogP contribution in [0.15, 0.2) is 29.0 Å². The van der Waals surface area contributed by atoms with Crippen LogP contribution in [0.2, 0.25) is 0 Å². The Hall–Kier alpha value is -1.59. The van der Waals surface area contributed by atoms with Crippen LogP contribution in [0.1, 0.15) is 36.4 Å². The number of nitrogens with one attached hydrogen (secondary N) is 1. The first-order valence-electron chi connectivity index (χ1n) is 5.79. The number of nitrogens with two attached hydrogens (primary N) is 1. The Bertz CT molecular complexity index is 474. The van der Waals surface area contributed by atoms with Crippen molar-refractivity contribution in [1.82, 2.24) is 15.2 Å². The number of hydrazine groups is 1. The Morgan fingerprint density at radius 1 is 1.53 bits per heavy atom. The van der Waals surface area contributed by atoms with Gasteiger partial charge in [-0.1, -0.05) is 6.92 Å². The zero-order chi connectivity index (χ0) is 12.3. The van der Waals surface area contributed by atoms with E-state index in [-0.39, 0.29) is 6.04 Å². The van der Waals surface area contributed by atoms with E-state index >= 15 is 0 Å². The summed E-state index contributed by atoms with van der Waals surface area (Å²) >= 11 is 0. The summed E-state index contributed by atoms with van der Waals surface area (Å²) in [5, 5.41) is 4.29. The van der Waals surface area contributed by atoms with Gasteiger partial charge in [0.15, 0.2) is 0 Å². The van der Waals surface area contributed by atoms with E-state index in [4.69, 9.17) is 10.3 Å². The van der Waals surface area contributed by atoms with Gasteiger partial charge in [-0.25, -0.2) is 5.43 Å². The highest BCUT2D eigenvalue weighted by Crippen LogP contribution is 2.24. The Kier molecular flexibility index (Phi) is 3.61. The van der Waals surface area contributed by atoms with Crippen molar-refractivity contribution >= 4 is 0 Å². The number of aryl methyl sites for hydroxylation is 2. The number of nitrogens with zero attached hydrogens (tertiary/aromatic N) is 2. The topological polar surface area (TPSA) is 69.0 Å². The highest BCUT2D eigenvalue weighted by molar-refractivity contribution is 5.26. The molecule has 0 aliphatic carbocycles. The van der Waals surface area contributed by atoms with Crippen molar-refractivity contribution in [2.45, 2.75) is 32.9 Å². The molecule has 1 unspecified atom stereocenters. The lowest BCUT2D eigenvalue weighted by Crippen LogP contribution is -2.31. The standard InChI is InChI=1S/C12H18N4O/c1-3-7-16-10(4-6-14-16)11(15-13)12-9(2)5-8-17-12/h4-6,8,11,15H,3,7,13H2,1-2H3. The van der Waals surface area contributed by atoms with Crippen LogP contribution in [-0.2, 0) is 6.54 Å². The molecule has 5 heteroatoms. The first kappa shape index (κ1) is 11.9. The minimum absolute atomic E-state index is 0.154. The SMILES string of the molecule is CCCn1nccc1C(NN)c1occc1C. The summed E-state index contributed by atoms with van der Waals surface area (Å²) in [7, 11) is 0. The van der Waals surface area contributed by atoms with Crippen LogP contribution in [-0.4, -0.2) is 9.78 Å². The van der Waals surface area contributed by atoms with Gasteiger partial charge < -0.3 is 4.42 Å². The van der Waals surface area contributed by atoms with Gasteiger partial charge in [0, 0.05) is 12.7 Å². The van der Waals surface area contributed by atoms with Crippen molar-refractivity contribution in [3.8, 4) is 0 Å². The molecule has 0 aliphatic rings. The molecule has 1 atom stereocenters. The summed E-state index contributed by atoms with van der Waals surface area (Å²) in [6.07, 6.45) is 4.49. The predicted octanol–water partition coefficient (Wildman–Crippen LogP) is 1.75. The third-order valence-electron chi connectivity index (χ3n) is 2.81. The van der Waals surface area contributed by atoms with E-state index in [0.29, 0.717) is 0 Å². The van der Waals surface area contributed by atoms with Crippen LogP contribution in [0.25, 0.3) is 0 Å². The van der Waals surface area contributed by atoms with Crippen molar-refractivity contribution in [3.05, 3.63) is 41.6 Å². The molecule has 0 bridgehead atoms. The van der Waals surface area contributed by atoms with Crippen LogP contribution in [0, 0.1) is 6.92 Å². The molecule has 2 rings (SSSR count). The highest BCUT2D eigenvalue weighted by atomic mass is 16.3. The van der Waals surface area contributed by atoms with Gasteiger partial charge in [0.1, 0.15) is 11.8 Å². The average Bonchev–Trinajstić information content (AvgIpc) is 2.92. The molecule has 92 valence electrons. The first-order valence-corrected chi connectivity index (χ1v) is 5.79. The maximum absolute atomic E-state index is 5.64. The fraction of sp³-hybridized carbons (Fsp3) is 0.417. The molecule has 0 amide bonds. The first-order chi connectivity index (χ1) is 8.27. The van der Waals surface area contributed by atoms with E-state index in [1.54, 1.807) is 12.5 Å². The normalized spacial score (nSPS) is 12.9. The summed E-state index contributed by atoms with van der Waals surface area (Å²) in [4.78, 5) is 0. The minimum atomic E-state index is -0.154. The van der Waals surface area contributed by atoms with Gasteiger partial charge in [0.2, 0.25) is 0 Å². The number of aromatic nitrogens is 2. The minimum Gasteiger partial charge on any atom is -0.467 e. The van der Waals surface area contributed by atoms with Gasteiger partial charge in [-0.05, 0) is 31.0 Å². The number of furan rings is 1. The van der Waals surface area contributed by atoms with E-state index in [1.165, 1.54) is 0 Å². The molecule has 0 radical (unpaired) electrons. The molecular weight excluding hydrogens is 216 g/mol. The third kappa shape index (κ3) is 2.25. The van der Waals surface area contributed by atoms with Gasteiger partial charge >= 0.3 is 0 Å². The predicted molar refractivity (Wildman–Crippen MR) is 65.1 cm³/mol. The lowest BCUT2D eigenvalue weighted by Gasteiger charge is -2.16. The van der Waals surface area contributed by atoms with Crippen molar-refractivity contribution in [2.24, 2.45) is 5.84 Å². The Labute approximate surface area is 101 Å². The monoisotopic (exact) mass is 234 g/mol. The van der Waals surface area contributed by atoms with Crippen molar-refractivity contribution in [1.29, 1.82) is 0 Å². The highest BCUT2D eigenvalue weighted by Gasteiger charge is 2.21. The van der Waals surface area contributed by atoms with Crippen LogP contribution in [0.3, 0.4) is 0 Å². The lowest BCUT2D eigenvalue weighted by molar-refractivity contribution is 0.426. The van der Waals surface area contributed by atoms with Gasteiger partial charge in [0.25, 0.3) is 0 Å². The molecule has 0 saturated heterocycles. The fourth-order valence-corrected chi connectivity index (χ4v) is 1.96. The molecule has 0 aromatic carbocycles. The van der Waals surface area contributed by atoms with Crippen LogP contribution in [0.5, 0.6) is 0 Å². The quantitative estimate of drug-likeness (QED) is 0.611. The summed E-state index contributed by atoms with van der Waals surface area (Å²) in [5.74, 6) is 6.48. The van der Waals surface area contributed by atoms with E-state index in [9.17, 15) is 0 Å². The fourth-order valence-electron chi connectivity index (χ4n) is 1.96. The second kappa shape index (κ2) is 5.16. The molecule has 17 heavy (non-hydrogen) atoms. The lowest BCUT2D eigenvalue weighted by atomic mass is 10.1. The molecule has 2 aromatic rings. The number of hydrogen-bond donors (Lipinski definition) is 2. The van der Waals surface area contributed by atoms with Crippen LogP contribution < -0.4 is 11.3 Å². The van der Waals surface area contributed by atoms with Crippen molar-refractivity contribution < 1.29 is 4.42 Å². The van der Waals surface area contributed by atoms with E-state index in [0.717, 1.165) is 30.0 Å². The zero-order valence-electron chi connectivity index (χ0n) is 10.2. The van der Waals surface area contributed by atoms with Gasteiger partial charge in [-0.15, -0.1) is 0 Å². The zero-order valence-corrected chi connectivity index (χ0v) is 10.2. The summed E-state index contributed by atoms with van der Waals surface area (Å²) < 4.78 is 7.44. The average molecular weight is 234 g/mol. The van der Waals surface area contributed by atoms with Gasteiger partial charge in [-0.3, -0.25) is 10.5 Å². The summed E-state index contributed by atoms with van der Waals surface area (Å²) in [5.41, 5.74) is 4.89. The Morgan fingerprint density at radius 3 is 2.94 bits per heavy atom. The molecule has 5 nitrogen and oxygen atoms in total. The molecule has 0 aliphatic heterocycles. The summed E-state index contributed by atoms with van der Waals surface area (Å²) in [6, 6.07) is 3.74. The Morgan fingerprint density at radius 2 is 2.35 bits per heavy atom. The maximum Gasteiger partial charge on any atom is 0.130 e. The van der Waals surface area contributed by atoms with Gasteiger partial charge in [-0.2, -0.15) is 5.10 Å². The summed E-state index contributed by atoms with van der Waals surface area (Å²) in [6.45, 7) is 5.00. The molecule has 2 heterocycles. The van der Waals surface area contributed by atoms with E-state index in [1.807, 2.05) is 23.7 Å². The maximum atomic E-state index is 5.64. The molecule has 0 spiro atoms. The van der Waals surface area contributed by atoms with E-state index in [2.05, 4.69) is 17.4 Å². The molecule has 0 saturated carbocycles. The second-order valence-electron chi connectivity index (χ2n) is 4.05. The molecular formula is C12H18N4O.